The molecule has 2 N–H and O–H groups in total. The van der Waals surface area contributed by atoms with Gasteiger partial charge in [0, 0.05) is 25.2 Å². The normalized spacial score (nSPS) is 21.7. The van der Waals surface area contributed by atoms with Crippen molar-refractivity contribution in [3.63, 3.8) is 0 Å². The molecule has 0 spiro atoms. The summed E-state index contributed by atoms with van der Waals surface area (Å²) in [6.45, 7) is 7.18. The van der Waals surface area contributed by atoms with Crippen LogP contribution in [0.4, 0.5) is 4.79 Å². The molecule has 1 fully saturated rings. The van der Waals surface area contributed by atoms with Gasteiger partial charge in [-0.05, 0) is 76.1 Å². The minimum absolute atomic E-state index is 0.204. The molecular weight excluding hydrogens is 316 g/mol. The monoisotopic (exact) mass is 346 g/mol. The lowest BCUT2D eigenvalue weighted by Gasteiger charge is -2.36. The summed E-state index contributed by atoms with van der Waals surface area (Å²) in [5.41, 5.74) is 2.14. The van der Waals surface area contributed by atoms with Gasteiger partial charge in [0.05, 0.1) is 0 Å². The van der Waals surface area contributed by atoms with E-state index in [0.717, 1.165) is 45.2 Å². The largest absolute Gasteiger partial charge is 0.508 e. The van der Waals surface area contributed by atoms with Crippen molar-refractivity contribution in [2.45, 2.75) is 70.6 Å². The minimum atomic E-state index is -0.441. The fourth-order valence-electron chi connectivity index (χ4n) is 3.81. The molecule has 1 aromatic rings. The number of carbonyl (C=O) groups is 1. The fraction of sp³-hybridized carbons (Fsp3) is 0.650. The zero-order chi connectivity index (χ0) is 18.0. The number of hydrogen-bond acceptors (Lipinski definition) is 4. The average molecular weight is 346 g/mol. The summed E-state index contributed by atoms with van der Waals surface area (Å²) >= 11 is 0. The van der Waals surface area contributed by atoms with E-state index in [1.54, 1.807) is 6.07 Å². The highest BCUT2D eigenvalue weighted by Crippen LogP contribution is 2.33. The zero-order valence-electron chi connectivity index (χ0n) is 15.5. The fourth-order valence-corrected chi connectivity index (χ4v) is 3.81. The van der Waals surface area contributed by atoms with E-state index < -0.39 is 5.60 Å². The molecule has 25 heavy (non-hydrogen) atoms. The summed E-state index contributed by atoms with van der Waals surface area (Å²) in [5.74, 6) is 0.352. The number of fused-ring (bicyclic) bond motifs is 1. The van der Waals surface area contributed by atoms with Crippen LogP contribution < -0.4 is 5.32 Å². The van der Waals surface area contributed by atoms with Gasteiger partial charge in [-0.25, -0.2) is 4.79 Å². The number of amides is 1. The van der Waals surface area contributed by atoms with Crippen LogP contribution in [0.5, 0.6) is 5.75 Å². The van der Waals surface area contributed by atoms with E-state index >= 15 is 0 Å². The van der Waals surface area contributed by atoms with Crippen LogP contribution in [-0.2, 0) is 11.2 Å². The number of hydrogen-bond donors (Lipinski definition) is 2. The molecule has 0 radical (unpaired) electrons. The summed E-state index contributed by atoms with van der Waals surface area (Å²) in [5, 5.41) is 13.5. The van der Waals surface area contributed by atoms with Gasteiger partial charge in [-0.1, -0.05) is 6.07 Å². The van der Waals surface area contributed by atoms with Crippen molar-refractivity contribution in [3.05, 3.63) is 29.3 Å². The van der Waals surface area contributed by atoms with Crippen molar-refractivity contribution in [2.24, 2.45) is 0 Å². The summed E-state index contributed by atoms with van der Waals surface area (Å²) in [4.78, 5) is 14.0. The van der Waals surface area contributed by atoms with Gasteiger partial charge in [0.2, 0.25) is 0 Å². The number of likely N-dealkylation sites (tertiary alicyclic amines) is 1. The molecule has 138 valence electrons. The predicted molar refractivity (Wildman–Crippen MR) is 97.8 cm³/mol. The summed E-state index contributed by atoms with van der Waals surface area (Å²) < 4.78 is 5.46. The number of aryl methyl sites for hydroxylation is 1. The van der Waals surface area contributed by atoms with E-state index in [1.165, 1.54) is 11.1 Å². The Balaban J connectivity index is 1.54. The van der Waals surface area contributed by atoms with Gasteiger partial charge < -0.3 is 20.1 Å². The van der Waals surface area contributed by atoms with Crippen LogP contribution in [0.3, 0.4) is 0 Å². The first-order valence-electron chi connectivity index (χ1n) is 9.37. The van der Waals surface area contributed by atoms with E-state index in [2.05, 4.69) is 11.4 Å². The number of piperidine rings is 1. The lowest BCUT2D eigenvalue weighted by molar-refractivity contribution is 0.0195. The molecule has 1 saturated heterocycles. The van der Waals surface area contributed by atoms with Crippen LogP contribution in [-0.4, -0.2) is 40.8 Å². The third kappa shape index (κ3) is 4.66. The Kier molecular flexibility index (Phi) is 5.23. The lowest BCUT2D eigenvalue weighted by atomic mass is 9.86. The van der Waals surface area contributed by atoms with E-state index in [-0.39, 0.29) is 6.09 Å². The molecule has 1 atom stereocenters. The summed E-state index contributed by atoms with van der Waals surface area (Å²) in [6.07, 6.45) is 5.00. The highest BCUT2D eigenvalue weighted by molar-refractivity contribution is 5.68. The molecule has 1 aromatic carbocycles. The zero-order valence-corrected chi connectivity index (χ0v) is 15.5. The van der Waals surface area contributed by atoms with Crippen molar-refractivity contribution in [2.75, 3.05) is 13.1 Å². The van der Waals surface area contributed by atoms with Crippen LogP contribution in [0.15, 0.2) is 18.2 Å². The molecule has 5 nitrogen and oxygen atoms in total. The van der Waals surface area contributed by atoms with Gasteiger partial charge >= 0.3 is 6.09 Å². The highest BCUT2D eigenvalue weighted by atomic mass is 16.6. The number of rotatable bonds is 2. The van der Waals surface area contributed by atoms with Crippen LogP contribution >= 0.6 is 0 Å². The standard InChI is InChI=1S/C20H30N2O3/c1-20(2,3)25-19(24)22-11-9-15(10-12-22)21-18-6-4-5-14-13-16(23)7-8-17(14)18/h7-8,13,15,18,21,23H,4-6,9-12H2,1-3H3. The Morgan fingerprint density at radius 3 is 2.64 bits per heavy atom. The van der Waals surface area contributed by atoms with E-state index in [1.807, 2.05) is 31.7 Å². The summed E-state index contributed by atoms with van der Waals surface area (Å²) in [6, 6.07) is 6.50. The van der Waals surface area contributed by atoms with Crippen molar-refractivity contribution in [1.82, 2.24) is 10.2 Å². The molecule has 1 amide bonds. The van der Waals surface area contributed by atoms with Gasteiger partial charge in [-0.2, -0.15) is 0 Å². The van der Waals surface area contributed by atoms with E-state index in [4.69, 9.17) is 4.74 Å². The molecule has 1 aliphatic carbocycles. The Morgan fingerprint density at radius 1 is 1.24 bits per heavy atom. The number of nitrogens with zero attached hydrogens (tertiary/aromatic N) is 1. The summed E-state index contributed by atoms with van der Waals surface area (Å²) in [7, 11) is 0. The second-order valence-electron chi connectivity index (χ2n) is 8.24. The maximum Gasteiger partial charge on any atom is 0.410 e. The molecule has 5 heteroatoms. The Labute approximate surface area is 150 Å². The third-order valence-electron chi connectivity index (χ3n) is 5.02. The van der Waals surface area contributed by atoms with Gasteiger partial charge in [0.25, 0.3) is 0 Å². The van der Waals surface area contributed by atoms with Gasteiger partial charge in [0.1, 0.15) is 11.4 Å². The van der Waals surface area contributed by atoms with Crippen molar-refractivity contribution in [3.8, 4) is 5.75 Å². The minimum Gasteiger partial charge on any atom is -0.508 e. The van der Waals surface area contributed by atoms with Gasteiger partial charge in [-0.3, -0.25) is 0 Å². The average Bonchev–Trinajstić information content (AvgIpc) is 2.54. The van der Waals surface area contributed by atoms with Crippen LogP contribution in [0.25, 0.3) is 0 Å². The maximum absolute atomic E-state index is 12.2. The maximum atomic E-state index is 12.2. The quantitative estimate of drug-likeness (QED) is 0.856. The smallest absolute Gasteiger partial charge is 0.410 e. The predicted octanol–water partition coefficient (Wildman–Crippen LogP) is 3.76. The number of benzene rings is 1. The van der Waals surface area contributed by atoms with Crippen LogP contribution in [0, 0.1) is 0 Å². The highest BCUT2D eigenvalue weighted by Gasteiger charge is 2.29. The topological polar surface area (TPSA) is 61.8 Å². The first-order valence-corrected chi connectivity index (χ1v) is 9.37. The molecule has 1 heterocycles. The number of carbonyl (C=O) groups excluding carboxylic acids is 1. The van der Waals surface area contributed by atoms with Crippen LogP contribution in [0.2, 0.25) is 0 Å². The Bertz CT molecular complexity index is 616. The molecular formula is C20H30N2O3. The van der Waals surface area contributed by atoms with Crippen molar-refractivity contribution < 1.29 is 14.6 Å². The second-order valence-corrected chi connectivity index (χ2v) is 8.24. The number of phenols is 1. The van der Waals surface area contributed by atoms with Gasteiger partial charge in [-0.15, -0.1) is 0 Å². The first kappa shape index (κ1) is 18.1. The number of ether oxygens (including phenoxy) is 1. The molecule has 0 aromatic heterocycles. The number of phenolic OH excluding ortho intramolecular Hbond substituents is 1. The molecule has 1 unspecified atom stereocenters. The van der Waals surface area contributed by atoms with Crippen LogP contribution in [0.1, 0.15) is 63.6 Å². The molecule has 0 saturated carbocycles. The second kappa shape index (κ2) is 7.24. The Hall–Kier alpha value is -1.75. The lowest BCUT2D eigenvalue weighted by Crippen LogP contribution is -2.47. The SMILES string of the molecule is CC(C)(C)OC(=O)N1CCC(NC2CCCc3cc(O)ccc32)CC1. The third-order valence-corrected chi connectivity index (χ3v) is 5.02. The van der Waals surface area contributed by atoms with Gasteiger partial charge in [0.15, 0.2) is 0 Å². The molecule has 0 bridgehead atoms. The van der Waals surface area contributed by atoms with Crippen molar-refractivity contribution in [1.29, 1.82) is 0 Å². The molecule has 1 aliphatic heterocycles. The molecule has 2 aliphatic rings. The van der Waals surface area contributed by atoms with E-state index in [9.17, 15) is 9.90 Å². The molecule has 3 rings (SSSR count). The number of nitrogens with one attached hydrogen (secondary N) is 1. The number of aromatic hydroxyl groups is 1. The first-order chi connectivity index (χ1) is 11.8. The van der Waals surface area contributed by atoms with E-state index in [0.29, 0.717) is 17.8 Å². The van der Waals surface area contributed by atoms with Crippen molar-refractivity contribution >= 4 is 6.09 Å². The Morgan fingerprint density at radius 2 is 1.96 bits per heavy atom.